The first-order valence-corrected chi connectivity index (χ1v) is 15.0. The summed E-state index contributed by atoms with van der Waals surface area (Å²) in [5.41, 5.74) is 0. The summed E-state index contributed by atoms with van der Waals surface area (Å²) in [4.78, 5) is 22.0. The van der Waals surface area contributed by atoms with E-state index in [-0.39, 0.29) is 10.5 Å². The zero-order valence-corrected chi connectivity index (χ0v) is 22.2. The van der Waals surface area contributed by atoms with Crippen LogP contribution in [0.4, 0.5) is 0 Å². The van der Waals surface area contributed by atoms with E-state index in [9.17, 15) is 4.21 Å². The lowest BCUT2D eigenvalue weighted by molar-refractivity contribution is 0.680. The summed E-state index contributed by atoms with van der Waals surface area (Å²) >= 11 is 13.1. The first kappa shape index (κ1) is 19.8. The Morgan fingerprint density at radius 3 is 1.54 bits per heavy atom. The van der Waals surface area contributed by atoms with Crippen LogP contribution in [0, 0.1) is 13.8 Å². The van der Waals surface area contributed by atoms with E-state index in [4.69, 9.17) is 0 Å². The van der Waals surface area contributed by atoms with Gasteiger partial charge in [0, 0.05) is 0 Å². The molecule has 5 nitrogen and oxygen atoms in total. The van der Waals surface area contributed by atoms with Crippen molar-refractivity contribution in [1.82, 2.24) is 19.9 Å². The number of aromatic nitrogens is 4. The molecular weight excluding hydrogens is 604 g/mol. The third kappa shape index (κ3) is 3.09. The summed E-state index contributed by atoms with van der Waals surface area (Å²) in [7, 11) is -1.32. The molecule has 0 radical (unpaired) electrons. The van der Waals surface area contributed by atoms with E-state index in [1.807, 2.05) is 13.8 Å². The van der Waals surface area contributed by atoms with Gasteiger partial charge in [0.15, 0.2) is 17.9 Å². The lowest BCUT2D eigenvalue weighted by Crippen LogP contribution is -1.88. The van der Waals surface area contributed by atoms with Crippen molar-refractivity contribution in [2.45, 2.75) is 34.0 Å². The van der Waals surface area contributed by atoms with Crippen LogP contribution in [0.2, 0.25) is 0 Å². The maximum atomic E-state index is 11.9. The Kier molecular flexibility index (Phi) is 5.10. The molecule has 0 aromatic carbocycles. The number of nitrogens with zero attached hydrogens (tertiary/aromatic N) is 4. The molecule has 0 saturated carbocycles. The summed E-state index contributed by atoms with van der Waals surface area (Å²) in [5, 5.41) is 5.86. The molecule has 6 heterocycles. The molecule has 0 fully saturated rings. The highest BCUT2D eigenvalue weighted by Gasteiger charge is 2.33. The van der Waals surface area contributed by atoms with Gasteiger partial charge >= 0.3 is 0 Å². The number of fused-ring (bicyclic) bond motifs is 6. The van der Waals surface area contributed by atoms with Crippen molar-refractivity contribution in [3.63, 3.8) is 0 Å². The van der Waals surface area contributed by atoms with Crippen LogP contribution in [0.15, 0.2) is 27.9 Å². The third-order valence-corrected chi connectivity index (χ3v) is 12.4. The van der Waals surface area contributed by atoms with Crippen molar-refractivity contribution in [2.75, 3.05) is 0 Å². The Morgan fingerprint density at radius 2 is 1.11 bits per heavy atom. The van der Waals surface area contributed by atoms with Gasteiger partial charge in [-0.25, -0.2) is 24.1 Å². The molecule has 6 rings (SSSR count). The summed E-state index contributed by atoms with van der Waals surface area (Å²) in [6.45, 7) is 4.10. The van der Waals surface area contributed by atoms with Crippen molar-refractivity contribution in [2.24, 2.45) is 0 Å². The lowest BCUT2D eigenvalue weighted by Gasteiger charge is -1.92. The molecule has 0 aliphatic carbocycles. The van der Waals surface area contributed by atoms with Crippen LogP contribution in [0.25, 0.3) is 19.5 Å². The SMILES string of the molecule is C=S1c2nc(C)sc2-c2sc(C)nc21.O=S1c2nc(Br)sc2-c2sc(Br)nc21. The highest BCUT2D eigenvalue weighted by molar-refractivity contribution is 9.11. The Morgan fingerprint density at radius 1 is 0.714 bits per heavy atom. The zero-order chi connectivity index (χ0) is 19.7. The Labute approximate surface area is 198 Å². The average Bonchev–Trinajstić information content (AvgIpc) is 3.42. The highest BCUT2D eigenvalue weighted by Crippen LogP contribution is 2.55. The molecule has 28 heavy (non-hydrogen) atoms. The normalized spacial score (nSPS) is 14.4. The minimum absolute atomic E-state index is 0.132. The van der Waals surface area contributed by atoms with E-state index in [2.05, 4.69) is 57.7 Å². The summed E-state index contributed by atoms with van der Waals surface area (Å²) < 4.78 is 13.4. The maximum Gasteiger partial charge on any atom is 0.161 e. The molecule has 2 aliphatic heterocycles. The van der Waals surface area contributed by atoms with Gasteiger partial charge in [-0.05, 0) is 45.7 Å². The molecule has 13 heteroatoms. The van der Waals surface area contributed by atoms with Gasteiger partial charge in [-0.3, -0.25) is 0 Å². The van der Waals surface area contributed by atoms with Gasteiger partial charge in [0.2, 0.25) is 0 Å². The van der Waals surface area contributed by atoms with Crippen LogP contribution < -0.4 is 0 Å². The van der Waals surface area contributed by atoms with Crippen molar-refractivity contribution in [1.29, 1.82) is 0 Å². The number of thiazole rings is 4. The van der Waals surface area contributed by atoms with Crippen molar-refractivity contribution >= 4 is 104 Å². The number of aryl methyl sites for hydroxylation is 2. The molecule has 4 aromatic rings. The number of hydrogen-bond donors (Lipinski definition) is 0. The largest absolute Gasteiger partial charge is 0.246 e. The van der Waals surface area contributed by atoms with E-state index in [0.717, 1.165) is 37.7 Å². The summed E-state index contributed by atoms with van der Waals surface area (Å²) in [6, 6.07) is 0. The van der Waals surface area contributed by atoms with Crippen LogP contribution in [-0.2, 0) is 10.8 Å². The molecule has 0 spiro atoms. The molecule has 144 valence electrons. The zero-order valence-electron chi connectivity index (χ0n) is 14.1. The second-order valence-electron chi connectivity index (χ2n) is 5.60. The smallest absolute Gasteiger partial charge is 0.161 e. The van der Waals surface area contributed by atoms with E-state index in [1.54, 1.807) is 22.7 Å². The fourth-order valence-corrected chi connectivity index (χ4v) is 12.0. The van der Waals surface area contributed by atoms with E-state index >= 15 is 0 Å². The van der Waals surface area contributed by atoms with Crippen LogP contribution in [-0.4, -0.2) is 30.0 Å². The highest BCUT2D eigenvalue weighted by atomic mass is 79.9. The molecule has 2 aliphatic rings. The maximum absolute atomic E-state index is 11.9. The van der Waals surface area contributed by atoms with Crippen LogP contribution >= 0.6 is 87.7 Å². The molecule has 0 atom stereocenters. The molecule has 0 bridgehead atoms. The van der Waals surface area contributed by atoms with E-state index < -0.39 is 10.8 Å². The quantitative estimate of drug-likeness (QED) is 0.181. The lowest BCUT2D eigenvalue weighted by atomic mass is 10.5. The van der Waals surface area contributed by atoms with Gasteiger partial charge < -0.3 is 0 Å². The number of halogens is 2. The second kappa shape index (κ2) is 7.22. The number of rotatable bonds is 0. The minimum Gasteiger partial charge on any atom is -0.246 e. The standard InChI is InChI=1S/C9H8N2S3.C6Br2N2OS3/c1-4-10-8-6(12-4)7-9(14(8)3)11-5(2)13-7;7-5-9-3-1(12-5)2-4(14(3)11)10-6(8)13-2/h3H2,1-2H3;. The summed E-state index contributed by atoms with van der Waals surface area (Å²) in [6.07, 6.45) is 0. The predicted octanol–water partition coefficient (Wildman–Crippen LogP) is 6.59. The molecule has 4 aromatic heterocycles. The van der Waals surface area contributed by atoms with Crippen LogP contribution in [0.1, 0.15) is 10.0 Å². The molecule has 0 unspecified atom stereocenters. The first-order chi connectivity index (χ1) is 13.3. The Hall–Kier alpha value is -0.150. The van der Waals surface area contributed by atoms with Gasteiger partial charge in [0.1, 0.15) is 20.9 Å². The van der Waals surface area contributed by atoms with Gasteiger partial charge in [0.25, 0.3) is 0 Å². The average molecular weight is 612 g/mol. The third-order valence-electron chi connectivity index (χ3n) is 3.78. The van der Waals surface area contributed by atoms with Crippen molar-refractivity contribution in [3.05, 3.63) is 17.8 Å². The fraction of sp³-hybridized carbons (Fsp3) is 0.133. The topological polar surface area (TPSA) is 68.6 Å². The molecule has 0 N–H and O–H groups in total. The van der Waals surface area contributed by atoms with Crippen LogP contribution in [0.5, 0.6) is 0 Å². The second-order valence-corrected chi connectivity index (χ2v) is 15.4. The Bertz CT molecular complexity index is 1120. The van der Waals surface area contributed by atoms with Crippen molar-refractivity contribution < 1.29 is 4.21 Å². The van der Waals surface area contributed by atoms with Gasteiger partial charge in [-0.1, -0.05) is 16.4 Å². The minimum atomic E-state index is -1.19. The predicted molar refractivity (Wildman–Crippen MR) is 127 cm³/mol. The van der Waals surface area contributed by atoms with Crippen molar-refractivity contribution in [3.8, 4) is 19.5 Å². The first-order valence-electron chi connectivity index (χ1n) is 7.57. The Balaban J connectivity index is 0.000000122. The van der Waals surface area contributed by atoms with Gasteiger partial charge in [-0.15, -0.1) is 45.3 Å². The molecular formula is C15H8Br2N4OS6. The van der Waals surface area contributed by atoms with Crippen LogP contribution in [0.3, 0.4) is 0 Å². The van der Waals surface area contributed by atoms with E-state index in [1.165, 1.54) is 32.4 Å². The monoisotopic (exact) mass is 610 g/mol. The fourth-order valence-electron chi connectivity index (χ4n) is 2.72. The summed E-state index contributed by atoms with van der Waals surface area (Å²) in [5.74, 6) is 4.16. The van der Waals surface area contributed by atoms with E-state index in [0.29, 0.717) is 10.1 Å². The van der Waals surface area contributed by atoms with Gasteiger partial charge in [-0.2, -0.15) is 0 Å². The van der Waals surface area contributed by atoms with Gasteiger partial charge in [0.05, 0.1) is 29.5 Å². The number of hydrogen-bond acceptors (Lipinski definition) is 9. The molecule has 0 saturated heterocycles. The molecule has 0 amide bonds.